The summed E-state index contributed by atoms with van der Waals surface area (Å²) in [6.07, 6.45) is 0. The zero-order valence-corrected chi connectivity index (χ0v) is 9.89. The molecule has 2 amide bonds. The molecule has 0 aliphatic carbocycles. The van der Waals surface area contributed by atoms with Gasteiger partial charge in [-0.1, -0.05) is 6.07 Å². The highest BCUT2D eigenvalue weighted by Crippen LogP contribution is 2.20. The molecule has 0 atom stereocenters. The summed E-state index contributed by atoms with van der Waals surface area (Å²) in [5.41, 5.74) is 0.302. The molecule has 0 saturated carbocycles. The molecule has 1 aromatic carbocycles. The first-order valence-electron chi connectivity index (χ1n) is 4.57. The lowest BCUT2D eigenvalue weighted by atomic mass is 10.1. The zero-order chi connectivity index (χ0) is 13.2. The highest BCUT2D eigenvalue weighted by Gasteiger charge is 2.20. The van der Waals surface area contributed by atoms with Crippen LogP contribution in [-0.2, 0) is 0 Å². The summed E-state index contributed by atoms with van der Waals surface area (Å²) in [5, 5.41) is 9.74. The largest absolute Gasteiger partial charge is 0.323 e. The van der Waals surface area contributed by atoms with Gasteiger partial charge in [-0.2, -0.15) is 0 Å². The molecule has 0 heterocycles. The average molecular weight is 257 g/mol. The van der Waals surface area contributed by atoms with Crippen LogP contribution in [0.1, 0.15) is 15.9 Å². The van der Waals surface area contributed by atoms with Crippen molar-refractivity contribution in [2.24, 2.45) is 0 Å². The van der Waals surface area contributed by atoms with E-state index in [0.717, 1.165) is 6.07 Å². The van der Waals surface area contributed by atoms with Crippen molar-refractivity contribution in [1.82, 2.24) is 4.90 Å². The standard InChI is InChI=1S/C10H9ClN2O4/c1-6-3-4-7(5-8(6)13(16)17)9(14)12(2)10(11)15/h3-5H,1-2H3. The lowest BCUT2D eigenvalue weighted by Gasteiger charge is -2.11. The molecule has 1 aromatic rings. The van der Waals surface area contributed by atoms with Gasteiger partial charge < -0.3 is 0 Å². The quantitative estimate of drug-likeness (QED) is 0.352. The van der Waals surface area contributed by atoms with Gasteiger partial charge in [0.05, 0.1) is 4.92 Å². The molecule has 17 heavy (non-hydrogen) atoms. The Kier molecular flexibility index (Phi) is 3.80. The fourth-order valence-electron chi connectivity index (χ4n) is 1.21. The number of imide groups is 1. The predicted molar refractivity (Wildman–Crippen MR) is 61.2 cm³/mol. The van der Waals surface area contributed by atoms with Gasteiger partial charge in [0.15, 0.2) is 0 Å². The average Bonchev–Trinajstić information content (AvgIpc) is 2.27. The molecule has 0 unspecified atom stereocenters. The van der Waals surface area contributed by atoms with Gasteiger partial charge in [0.25, 0.3) is 11.6 Å². The number of rotatable bonds is 2. The fraction of sp³-hybridized carbons (Fsp3) is 0.200. The summed E-state index contributed by atoms with van der Waals surface area (Å²) in [4.78, 5) is 33.2. The van der Waals surface area contributed by atoms with E-state index in [1.807, 2.05) is 0 Å². The number of nitrogens with zero attached hydrogens (tertiary/aromatic N) is 2. The summed E-state index contributed by atoms with van der Waals surface area (Å²) in [5.74, 6) is -0.687. The first-order chi connectivity index (χ1) is 7.84. The molecular formula is C10H9ClN2O4. The van der Waals surface area contributed by atoms with Crippen molar-refractivity contribution in [2.75, 3.05) is 7.05 Å². The molecule has 0 N–H and O–H groups in total. The zero-order valence-electron chi connectivity index (χ0n) is 9.14. The Bertz CT molecular complexity index is 501. The first kappa shape index (κ1) is 13.1. The summed E-state index contributed by atoms with van der Waals surface area (Å²) < 4.78 is 0. The van der Waals surface area contributed by atoms with Gasteiger partial charge in [-0.15, -0.1) is 0 Å². The van der Waals surface area contributed by atoms with Crippen LogP contribution in [0.5, 0.6) is 0 Å². The summed E-state index contributed by atoms with van der Waals surface area (Å²) in [6, 6.07) is 3.97. The molecule has 90 valence electrons. The number of hydrogen-bond donors (Lipinski definition) is 0. The van der Waals surface area contributed by atoms with Gasteiger partial charge in [-0.3, -0.25) is 24.6 Å². The van der Waals surface area contributed by atoms with Crippen LogP contribution in [0.4, 0.5) is 10.5 Å². The van der Waals surface area contributed by atoms with Crippen molar-refractivity contribution in [3.8, 4) is 0 Å². The number of nitro groups is 1. The third-order valence-electron chi connectivity index (χ3n) is 2.22. The predicted octanol–water partition coefficient (Wildman–Crippen LogP) is 2.33. The van der Waals surface area contributed by atoms with Crippen molar-refractivity contribution < 1.29 is 14.5 Å². The molecule has 0 bridgehead atoms. The highest BCUT2D eigenvalue weighted by atomic mass is 35.5. The van der Waals surface area contributed by atoms with E-state index in [1.165, 1.54) is 19.2 Å². The van der Waals surface area contributed by atoms with Crippen molar-refractivity contribution in [3.63, 3.8) is 0 Å². The molecule has 0 aliphatic heterocycles. The number of amides is 2. The second kappa shape index (κ2) is 4.92. The summed E-state index contributed by atoms with van der Waals surface area (Å²) in [6.45, 7) is 1.56. The maximum Gasteiger partial charge on any atom is 0.323 e. The number of halogens is 1. The van der Waals surface area contributed by atoms with Crippen LogP contribution in [0.15, 0.2) is 18.2 Å². The van der Waals surface area contributed by atoms with Crippen LogP contribution in [0, 0.1) is 17.0 Å². The van der Waals surface area contributed by atoms with Crippen LogP contribution in [0.25, 0.3) is 0 Å². The molecule has 0 aromatic heterocycles. The van der Waals surface area contributed by atoms with Gasteiger partial charge in [0, 0.05) is 24.2 Å². The van der Waals surface area contributed by atoms with Crippen LogP contribution in [0.3, 0.4) is 0 Å². The van der Waals surface area contributed by atoms with Crippen LogP contribution in [-0.4, -0.2) is 28.1 Å². The minimum Gasteiger partial charge on any atom is -0.269 e. The Morgan fingerprint density at radius 3 is 2.47 bits per heavy atom. The lowest BCUT2D eigenvalue weighted by Crippen LogP contribution is -2.28. The Morgan fingerprint density at radius 1 is 1.41 bits per heavy atom. The maximum absolute atomic E-state index is 11.7. The Hall–Kier alpha value is -1.95. The van der Waals surface area contributed by atoms with E-state index >= 15 is 0 Å². The van der Waals surface area contributed by atoms with Gasteiger partial charge in [-0.05, 0) is 24.6 Å². The third kappa shape index (κ3) is 2.79. The molecular weight excluding hydrogens is 248 g/mol. The molecule has 7 heteroatoms. The number of benzene rings is 1. The van der Waals surface area contributed by atoms with Gasteiger partial charge in [0.2, 0.25) is 0 Å². The van der Waals surface area contributed by atoms with E-state index in [9.17, 15) is 19.7 Å². The first-order valence-corrected chi connectivity index (χ1v) is 4.95. The van der Waals surface area contributed by atoms with E-state index in [1.54, 1.807) is 6.92 Å². The van der Waals surface area contributed by atoms with E-state index in [2.05, 4.69) is 0 Å². The third-order valence-corrected chi connectivity index (χ3v) is 2.47. The number of aryl methyl sites for hydroxylation is 1. The van der Waals surface area contributed by atoms with Crippen LogP contribution < -0.4 is 0 Å². The fourth-order valence-corrected chi connectivity index (χ4v) is 1.29. The second-order valence-corrected chi connectivity index (χ2v) is 3.70. The van der Waals surface area contributed by atoms with E-state index in [0.29, 0.717) is 10.5 Å². The summed E-state index contributed by atoms with van der Waals surface area (Å²) >= 11 is 5.14. The minimum absolute atomic E-state index is 0.0406. The van der Waals surface area contributed by atoms with E-state index in [4.69, 9.17) is 11.6 Å². The molecule has 0 saturated heterocycles. The molecule has 6 nitrogen and oxygen atoms in total. The number of carbonyl (C=O) groups is 2. The van der Waals surface area contributed by atoms with Gasteiger partial charge in [0.1, 0.15) is 0 Å². The van der Waals surface area contributed by atoms with Crippen molar-refractivity contribution in [1.29, 1.82) is 0 Å². The Morgan fingerprint density at radius 2 is 2.00 bits per heavy atom. The topological polar surface area (TPSA) is 80.5 Å². The number of carbonyl (C=O) groups excluding carboxylic acids is 2. The van der Waals surface area contributed by atoms with E-state index < -0.39 is 16.2 Å². The molecule has 1 rings (SSSR count). The Labute approximate surface area is 102 Å². The number of hydrogen-bond acceptors (Lipinski definition) is 4. The highest BCUT2D eigenvalue weighted by molar-refractivity contribution is 6.64. The maximum atomic E-state index is 11.7. The molecule has 0 spiro atoms. The molecule has 0 aliphatic rings. The summed E-state index contributed by atoms with van der Waals surface area (Å²) in [7, 11) is 1.20. The van der Waals surface area contributed by atoms with Gasteiger partial charge >= 0.3 is 5.37 Å². The minimum atomic E-state index is -0.946. The SMILES string of the molecule is Cc1ccc(C(=O)N(C)C(=O)Cl)cc1[N+](=O)[O-]. The van der Waals surface area contributed by atoms with Crippen LogP contribution >= 0.6 is 11.6 Å². The smallest absolute Gasteiger partial charge is 0.269 e. The monoisotopic (exact) mass is 256 g/mol. The van der Waals surface area contributed by atoms with Crippen molar-refractivity contribution in [3.05, 3.63) is 39.4 Å². The normalized spacial score (nSPS) is 9.82. The van der Waals surface area contributed by atoms with E-state index in [-0.39, 0.29) is 11.3 Å². The van der Waals surface area contributed by atoms with Crippen molar-refractivity contribution >= 4 is 28.6 Å². The number of nitro benzene ring substituents is 1. The second-order valence-electron chi connectivity index (χ2n) is 3.38. The molecule has 0 fully saturated rings. The van der Waals surface area contributed by atoms with Crippen molar-refractivity contribution in [2.45, 2.75) is 6.92 Å². The van der Waals surface area contributed by atoms with Crippen LogP contribution in [0.2, 0.25) is 0 Å². The molecule has 0 radical (unpaired) electrons. The Balaban J connectivity index is 3.16. The lowest BCUT2D eigenvalue weighted by molar-refractivity contribution is -0.385. The van der Waals surface area contributed by atoms with Gasteiger partial charge in [-0.25, -0.2) is 0 Å².